The zero-order valence-corrected chi connectivity index (χ0v) is 19.9. The summed E-state index contributed by atoms with van der Waals surface area (Å²) in [6, 6.07) is 19.2. The van der Waals surface area contributed by atoms with Crippen molar-refractivity contribution in [3.63, 3.8) is 0 Å². The second-order valence-electron chi connectivity index (χ2n) is 8.21. The molecule has 0 bridgehead atoms. The molecule has 0 atom stereocenters. The molecule has 1 aliphatic heterocycles. The number of rotatable bonds is 5. The number of methoxy groups -OCH3 is 1. The molecule has 3 heterocycles. The third-order valence-corrected chi connectivity index (χ3v) is 7.36. The van der Waals surface area contributed by atoms with Gasteiger partial charge in [0.25, 0.3) is 5.91 Å². The Kier molecular flexibility index (Phi) is 6.13. The van der Waals surface area contributed by atoms with Gasteiger partial charge < -0.3 is 10.1 Å². The number of carbonyl (C=O) groups excluding carboxylic acids is 2. The second kappa shape index (κ2) is 9.37. The van der Waals surface area contributed by atoms with Crippen LogP contribution in [0.1, 0.15) is 38.1 Å². The summed E-state index contributed by atoms with van der Waals surface area (Å²) in [6.07, 6.45) is 0.760. The Morgan fingerprint density at radius 1 is 1.12 bits per heavy atom. The van der Waals surface area contributed by atoms with Gasteiger partial charge in [-0.15, -0.1) is 11.3 Å². The molecule has 0 saturated carbocycles. The van der Waals surface area contributed by atoms with Gasteiger partial charge in [-0.2, -0.15) is 0 Å². The Bertz CT molecular complexity index is 1380. The molecule has 6 nitrogen and oxygen atoms in total. The standard InChI is InChI=1S/C27H25N3O3S/c1-3-30-14-13-19-23(16-30)34-26(24(19)27(32)33-2)29-25(31)20-15-22(17-9-5-4-6-10-17)28-21-12-8-7-11-18(20)21/h4-12,15H,3,13-14,16H2,1-2H3,(H,29,31). The van der Waals surface area contributed by atoms with Crippen LogP contribution in [0.4, 0.5) is 5.00 Å². The fourth-order valence-corrected chi connectivity index (χ4v) is 5.70. The van der Waals surface area contributed by atoms with Gasteiger partial charge in [0.1, 0.15) is 5.00 Å². The average molecular weight is 472 g/mol. The van der Waals surface area contributed by atoms with Crippen molar-refractivity contribution >= 4 is 39.1 Å². The maximum Gasteiger partial charge on any atom is 0.341 e. The number of ether oxygens (including phenoxy) is 1. The zero-order valence-electron chi connectivity index (χ0n) is 19.1. The van der Waals surface area contributed by atoms with Crippen LogP contribution >= 0.6 is 11.3 Å². The molecular formula is C27H25N3O3S. The molecule has 172 valence electrons. The first-order valence-corrected chi connectivity index (χ1v) is 12.1. The smallest absolute Gasteiger partial charge is 0.341 e. The molecular weight excluding hydrogens is 446 g/mol. The maximum atomic E-state index is 13.6. The van der Waals surface area contributed by atoms with Crippen molar-refractivity contribution in [3.05, 3.63) is 82.2 Å². The van der Waals surface area contributed by atoms with E-state index >= 15 is 0 Å². The molecule has 1 amide bonds. The number of thiophene rings is 1. The number of likely N-dealkylation sites (N-methyl/N-ethyl adjacent to an activating group) is 1. The number of hydrogen-bond acceptors (Lipinski definition) is 6. The highest BCUT2D eigenvalue weighted by Gasteiger charge is 2.29. The number of nitrogens with zero attached hydrogens (tertiary/aromatic N) is 2. The summed E-state index contributed by atoms with van der Waals surface area (Å²) >= 11 is 1.46. The zero-order chi connectivity index (χ0) is 23.7. The minimum atomic E-state index is -0.415. The molecule has 0 saturated heterocycles. The fraction of sp³-hybridized carbons (Fsp3) is 0.222. The van der Waals surface area contributed by atoms with Crippen molar-refractivity contribution in [2.45, 2.75) is 19.9 Å². The Morgan fingerprint density at radius 2 is 1.88 bits per heavy atom. The topological polar surface area (TPSA) is 71.5 Å². The van der Waals surface area contributed by atoms with Crippen LogP contribution in [0.2, 0.25) is 0 Å². The Hall–Kier alpha value is -3.55. The first-order chi connectivity index (χ1) is 16.6. The fourth-order valence-electron chi connectivity index (χ4n) is 4.42. The number of esters is 1. The summed E-state index contributed by atoms with van der Waals surface area (Å²) in [6.45, 7) is 4.72. The molecule has 0 radical (unpaired) electrons. The van der Waals surface area contributed by atoms with E-state index in [-0.39, 0.29) is 5.91 Å². The molecule has 2 aromatic carbocycles. The van der Waals surface area contributed by atoms with Crippen LogP contribution in [0.5, 0.6) is 0 Å². The molecule has 0 aliphatic carbocycles. The molecule has 0 fully saturated rings. The summed E-state index contributed by atoms with van der Waals surface area (Å²) in [4.78, 5) is 34.5. The molecule has 7 heteroatoms. The van der Waals surface area contributed by atoms with Gasteiger partial charge in [0.05, 0.1) is 29.4 Å². The number of carbonyl (C=O) groups is 2. The van der Waals surface area contributed by atoms with Crippen molar-refractivity contribution < 1.29 is 14.3 Å². The van der Waals surface area contributed by atoms with E-state index in [1.165, 1.54) is 18.4 Å². The molecule has 0 unspecified atom stereocenters. The second-order valence-corrected chi connectivity index (χ2v) is 9.32. The largest absolute Gasteiger partial charge is 0.465 e. The van der Waals surface area contributed by atoms with E-state index in [4.69, 9.17) is 9.72 Å². The van der Waals surface area contributed by atoms with Gasteiger partial charge in [0.15, 0.2) is 0 Å². The van der Waals surface area contributed by atoms with Gasteiger partial charge in [-0.25, -0.2) is 9.78 Å². The van der Waals surface area contributed by atoms with Gasteiger partial charge in [-0.05, 0) is 30.7 Å². The summed E-state index contributed by atoms with van der Waals surface area (Å²) in [7, 11) is 1.38. The molecule has 2 aromatic heterocycles. The summed E-state index contributed by atoms with van der Waals surface area (Å²) in [5.41, 5.74) is 4.38. The lowest BCUT2D eigenvalue weighted by Crippen LogP contribution is -2.29. The quantitative estimate of drug-likeness (QED) is 0.396. The number of amides is 1. The normalized spacial score (nSPS) is 13.5. The van der Waals surface area contributed by atoms with Gasteiger partial charge in [-0.1, -0.05) is 55.5 Å². The van der Waals surface area contributed by atoms with Crippen LogP contribution < -0.4 is 5.32 Å². The van der Waals surface area contributed by atoms with E-state index in [1.807, 2.05) is 60.7 Å². The van der Waals surface area contributed by atoms with E-state index in [9.17, 15) is 9.59 Å². The van der Waals surface area contributed by atoms with Crippen LogP contribution in [-0.4, -0.2) is 42.0 Å². The molecule has 0 spiro atoms. The maximum absolute atomic E-state index is 13.6. The molecule has 1 N–H and O–H groups in total. The number of para-hydroxylation sites is 1. The molecule has 34 heavy (non-hydrogen) atoms. The Morgan fingerprint density at radius 3 is 2.65 bits per heavy atom. The number of fused-ring (bicyclic) bond motifs is 2. The van der Waals surface area contributed by atoms with Crippen molar-refractivity contribution in [1.29, 1.82) is 0 Å². The van der Waals surface area contributed by atoms with Gasteiger partial charge in [0.2, 0.25) is 0 Å². The molecule has 5 rings (SSSR count). The van der Waals surface area contributed by atoms with E-state index < -0.39 is 5.97 Å². The Labute approximate surface area is 202 Å². The van der Waals surface area contributed by atoms with Crippen molar-refractivity contribution in [2.24, 2.45) is 0 Å². The highest BCUT2D eigenvalue weighted by Crippen LogP contribution is 2.38. The molecule has 4 aromatic rings. The first kappa shape index (κ1) is 22.3. The number of nitrogens with one attached hydrogen (secondary N) is 1. The predicted octanol–water partition coefficient (Wildman–Crippen LogP) is 5.38. The van der Waals surface area contributed by atoms with E-state index in [0.717, 1.165) is 58.7 Å². The van der Waals surface area contributed by atoms with E-state index in [2.05, 4.69) is 17.1 Å². The molecule has 1 aliphatic rings. The minimum absolute atomic E-state index is 0.271. The summed E-state index contributed by atoms with van der Waals surface area (Å²) in [5.74, 6) is -0.686. The van der Waals surface area contributed by atoms with E-state index in [0.29, 0.717) is 16.1 Å². The van der Waals surface area contributed by atoms with Crippen LogP contribution in [0, 0.1) is 0 Å². The van der Waals surface area contributed by atoms with Crippen LogP contribution in [0.3, 0.4) is 0 Å². The monoisotopic (exact) mass is 471 g/mol. The third-order valence-electron chi connectivity index (χ3n) is 6.23. The summed E-state index contributed by atoms with van der Waals surface area (Å²) in [5, 5.41) is 4.34. The van der Waals surface area contributed by atoms with Crippen LogP contribution in [0.25, 0.3) is 22.2 Å². The highest BCUT2D eigenvalue weighted by molar-refractivity contribution is 7.17. The van der Waals surface area contributed by atoms with Crippen molar-refractivity contribution in [1.82, 2.24) is 9.88 Å². The SMILES string of the molecule is CCN1CCc2c(sc(NC(=O)c3cc(-c4ccccc4)nc4ccccc34)c2C(=O)OC)C1. The van der Waals surface area contributed by atoms with Gasteiger partial charge >= 0.3 is 5.97 Å². The lowest BCUT2D eigenvalue weighted by molar-refractivity contribution is 0.0600. The number of aromatic nitrogens is 1. The summed E-state index contributed by atoms with van der Waals surface area (Å²) < 4.78 is 5.08. The number of benzene rings is 2. The van der Waals surface area contributed by atoms with Crippen LogP contribution in [-0.2, 0) is 17.7 Å². The number of hydrogen-bond donors (Lipinski definition) is 1. The number of pyridine rings is 1. The predicted molar refractivity (Wildman–Crippen MR) is 135 cm³/mol. The lowest BCUT2D eigenvalue weighted by atomic mass is 10.0. The Balaban J connectivity index is 1.57. The third kappa shape index (κ3) is 4.08. The minimum Gasteiger partial charge on any atom is -0.465 e. The van der Waals surface area contributed by atoms with Crippen molar-refractivity contribution in [2.75, 3.05) is 25.5 Å². The highest BCUT2D eigenvalue weighted by atomic mass is 32.1. The average Bonchev–Trinajstić information content (AvgIpc) is 3.24. The van der Waals surface area contributed by atoms with Crippen molar-refractivity contribution in [3.8, 4) is 11.3 Å². The van der Waals surface area contributed by atoms with Gasteiger partial charge in [0, 0.05) is 28.9 Å². The number of anilines is 1. The van der Waals surface area contributed by atoms with Gasteiger partial charge in [-0.3, -0.25) is 9.69 Å². The van der Waals surface area contributed by atoms with E-state index in [1.54, 1.807) is 0 Å². The van der Waals surface area contributed by atoms with Crippen LogP contribution in [0.15, 0.2) is 60.7 Å². The lowest BCUT2D eigenvalue weighted by Gasteiger charge is -2.25. The first-order valence-electron chi connectivity index (χ1n) is 11.3.